The average Bonchev–Trinajstić information content (AvgIpc) is 2.94. The van der Waals surface area contributed by atoms with Crippen molar-refractivity contribution in [1.82, 2.24) is 10.2 Å². The molecule has 0 unspecified atom stereocenters. The van der Waals surface area contributed by atoms with E-state index in [1.165, 1.54) is 24.3 Å². The Balaban J connectivity index is 2.13. The van der Waals surface area contributed by atoms with Crippen molar-refractivity contribution in [2.75, 3.05) is 17.1 Å². The third kappa shape index (κ3) is 9.17. The van der Waals surface area contributed by atoms with Gasteiger partial charge < -0.3 is 10.2 Å². The van der Waals surface area contributed by atoms with Crippen LogP contribution >= 0.6 is 11.6 Å². The highest BCUT2D eigenvalue weighted by Crippen LogP contribution is 2.36. The third-order valence-electron chi connectivity index (χ3n) is 6.79. The summed E-state index contributed by atoms with van der Waals surface area (Å²) in [6, 6.07) is 14.9. The van der Waals surface area contributed by atoms with E-state index in [0.717, 1.165) is 17.2 Å². The summed E-state index contributed by atoms with van der Waals surface area (Å²) in [4.78, 5) is 28.7. The van der Waals surface area contributed by atoms with Crippen LogP contribution in [0.15, 0.2) is 72.8 Å². The zero-order valence-electron chi connectivity index (χ0n) is 23.7. The molecule has 1 N–H and O–H groups in total. The molecule has 0 radical (unpaired) electrons. The first kappa shape index (κ1) is 33.9. The number of hydrogen-bond donors (Lipinski definition) is 1. The van der Waals surface area contributed by atoms with Crippen LogP contribution in [0.4, 0.5) is 23.2 Å². The molecule has 0 aliphatic rings. The minimum absolute atomic E-state index is 0.00745. The first-order valence-corrected chi connectivity index (χ1v) is 15.6. The molecule has 0 fully saturated rings. The van der Waals surface area contributed by atoms with Gasteiger partial charge in [0, 0.05) is 24.6 Å². The number of carbonyl (C=O) groups excluding carboxylic acids is 2. The lowest BCUT2D eigenvalue weighted by Crippen LogP contribution is -2.54. The van der Waals surface area contributed by atoms with E-state index < -0.39 is 64.2 Å². The predicted molar refractivity (Wildman–Crippen MR) is 157 cm³/mol. The van der Waals surface area contributed by atoms with Gasteiger partial charge in [0.1, 0.15) is 18.4 Å². The van der Waals surface area contributed by atoms with Crippen LogP contribution in [-0.2, 0) is 38.8 Å². The number of carbonyl (C=O) groups is 2. The zero-order chi connectivity index (χ0) is 31.9. The van der Waals surface area contributed by atoms with Gasteiger partial charge in [0.25, 0.3) is 0 Å². The van der Waals surface area contributed by atoms with E-state index in [4.69, 9.17) is 11.6 Å². The van der Waals surface area contributed by atoms with Gasteiger partial charge in [-0.2, -0.15) is 13.2 Å². The van der Waals surface area contributed by atoms with E-state index in [0.29, 0.717) is 28.4 Å². The fraction of sp³-hybridized carbons (Fsp3) is 0.333. The smallest absolute Gasteiger partial charge is 0.352 e. The summed E-state index contributed by atoms with van der Waals surface area (Å²) in [6.07, 6.45) is -3.54. The highest BCUT2D eigenvalue weighted by molar-refractivity contribution is 7.92. The first-order valence-electron chi connectivity index (χ1n) is 13.3. The third-order valence-corrected chi connectivity index (χ3v) is 8.24. The molecule has 3 rings (SSSR count). The lowest BCUT2D eigenvalue weighted by molar-refractivity contribution is -0.140. The van der Waals surface area contributed by atoms with Gasteiger partial charge in [-0.25, -0.2) is 12.8 Å². The number of benzene rings is 3. The molecule has 0 aromatic heterocycles. The highest BCUT2D eigenvalue weighted by Gasteiger charge is 2.36. The van der Waals surface area contributed by atoms with Crippen LogP contribution in [0.3, 0.4) is 0 Å². The summed E-state index contributed by atoms with van der Waals surface area (Å²) in [6.45, 7) is 2.19. The number of sulfonamides is 1. The maximum Gasteiger partial charge on any atom is 0.416 e. The number of anilines is 1. The predicted octanol–water partition coefficient (Wildman–Crippen LogP) is 5.82. The molecule has 2 amide bonds. The van der Waals surface area contributed by atoms with Crippen LogP contribution in [0.5, 0.6) is 0 Å². The van der Waals surface area contributed by atoms with Crippen molar-refractivity contribution in [2.45, 2.75) is 51.5 Å². The van der Waals surface area contributed by atoms with Crippen molar-refractivity contribution in [3.8, 4) is 0 Å². The van der Waals surface area contributed by atoms with Crippen LogP contribution < -0.4 is 9.62 Å². The van der Waals surface area contributed by atoms with Gasteiger partial charge in [0.15, 0.2) is 0 Å². The Morgan fingerprint density at radius 3 is 2.21 bits per heavy atom. The van der Waals surface area contributed by atoms with E-state index in [9.17, 15) is 35.6 Å². The van der Waals surface area contributed by atoms with Crippen molar-refractivity contribution < 1.29 is 35.6 Å². The van der Waals surface area contributed by atoms with Crippen LogP contribution in [0, 0.1) is 5.82 Å². The Hall–Kier alpha value is -3.64. The van der Waals surface area contributed by atoms with Crippen LogP contribution in [0.2, 0.25) is 5.02 Å². The second kappa shape index (κ2) is 14.2. The molecule has 0 bridgehead atoms. The Kier molecular flexibility index (Phi) is 11.2. The van der Waals surface area contributed by atoms with Gasteiger partial charge in [-0.1, -0.05) is 67.1 Å². The number of halogens is 5. The molecular weight excluding hydrogens is 610 g/mol. The minimum Gasteiger partial charge on any atom is -0.352 e. The highest BCUT2D eigenvalue weighted by atomic mass is 35.5. The Morgan fingerprint density at radius 2 is 1.63 bits per heavy atom. The monoisotopic (exact) mass is 641 g/mol. The topological polar surface area (TPSA) is 86.8 Å². The maximum absolute atomic E-state index is 14.8. The van der Waals surface area contributed by atoms with Crippen molar-refractivity contribution in [2.24, 2.45) is 0 Å². The molecule has 7 nitrogen and oxygen atoms in total. The Morgan fingerprint density at radius 1 is 1.00 bits per heavy atom. The lowest BCUT2D eigenvalue weighted by atomic mass is 10.0. The number of hydrogen-bond acceptors (Lipinski definition) is 4. The van der Waals surface area contributed by atoms with Crippen molar-refractivity contribution >= 4 is 39.1 Å². The van der Waals surface area contributed by atoms with E-state index in [2.05, 4.69) is 5.32 Å². The van der Waals surface area contributed by atoms with E-state index in [1.54, 1.807) is 37.3 Å². The minimum atomic E-state index is -4.82. The molecule has 0 spiro atoms. The average molecular weight is 642 g/mol. The molecule has 232 valence electrons. The van der Waals surface area contributed by atoms with Gasteiger partial charge in [-0.3, -0.25) is 13.9 Å². The number of rotatable bonds is 12. The van der Waals surface area contributed by atoms with Crippen LogP contribution in [0.1, 0.15) is 37.0 Å². The van der Waals surface area contributed by atoms with E-state index >= 15 is 0 Å². The van der Waals surface area contributed by atoms with E-state index in [1.807, 2.05) is 6.92 Å². The van der Waals surface area contributed by atoms with Gasteiger partial charge in [0.05, 0.1) is 22.5 Å². The summed E-state index contributed by atoms with van der Waals surface area (Å²) >= 11 is 6.14. The summed E-state index contributed by atoms with van der Waals surface area (Å²) in [5.41, 5.74) is -1.03. The van der Waals surface area contributed by atoms with Crippen LogP contribution in [-0.4, -0.2) is 50.0 Å². The molecule has 0 aliphatic heterocycles. The van der Waals surface area contributed by atoms with Gasteiger partial charge >= 0.3 is 6.18 Å². The first-order chi connectivity index (χ1) is 20.1. The Bertz CT molecular complexity index is 1540. The quantitative estimate of drug-likeness (QED) is 0.253. The van der Waals surface area contributed by atoms with Crippen molar-refractivity contribution in [3.05, 3.63) is 100 Å². The maximum atomic E-state index is 14.8. The van der Waals surface area contributed by atoms with Crippen LogP contribution in [0.25, 0.3) is 0 Å². The molecule has 0 aliphatic carbocycles. The second-order valence-corrected chi connectivity index (χ2v) is 12.4. The number of alkyl halides is 3. The van der Waals surface area contributed by atoms with Gasteiger partial charge in [-0.05, 0) is 43.2 Å². The Labute approximate surface area is 253 Å². The SMILES string of the molecule is CC[C@@H](C)NC(=O)[C@@H](Cc1ccccc1)N(Cc1ccccc1F)C(=O)CN(c1cc(C(F)(F)F)ccc1Cl)S(C)(=O)=O. The molecular formula is C30H32ClF4N3O4S. The summed E-state index contributed by atoms with van der Waals surface area (Å²) in [7, 11) is -4.38. The van der Waals surface area contributed by atoms with Gasteiger partial charge in [0.2, 0.25) is 21.8 Å². The summed E-state index contributed by atoms with van der Waals surface area (Å²) in [5.74, 6) is -2.18. The normalized spacial score (nSPS) is 13.2. The largest absolute Gasteiger partial charge is 0.416 e. The molecule has 2 atom stereocenters. The van der Waals surface area contributed by atoms with E-state index in [-0.39, 0.29) is 23.0 Å². The second-order valence-electron chi connectivity index (χ2n) is 10.1. The molecule has 3 aromatic carbocycles. The lowest BCUT2D eigenvalue weighted by Gasteiger charge is -2.34. The molecule has 13 heteroatoms. The fourth-order valence-corrected chi connectivity index (χ4v) is 5.40. The number of nitrogens with one attached hydrogen (secondary N) is 1. The molecule has 0 saturated carbocycles. The molecule has 43 heavy (non-hydrogen) atoms. The number of amides is 2. The molecule has 0 saturated heterocycles. The molecule has 0 heterocycles. The summed E-state index contributed by atoms with van der Waals surface area (Å²) in [5, 5.41) is 2.48. The standard InChI is InChI=1S/C30H32ClF4N3O4S/c1-4-20(2)36-29(40)27(16-21-10-6-5-7-11-21)37(18-22-12-8-9-13-25(22)32)28(39)19-38(43(3,41)42)26-17-23(30(33,34)35)14-15-24(26)31/h5-15,17,20,27H,4,16,18-19H2,1-3H3,(H,36,40)/t20-,27-/m1/s1. The van der Waals surface area contributed by atoms with Crippen molar-refractivity contribution in [3.63, 3.8) is 0 Å². The molecule has 3 aromatic rings. The fourth-order valence-electron chi connectivity index (χ4n) is 4.28. The summed E-state index contributed by atoms with van der Waals surface area (Å²) < 4.78 is 81.5. The number of nitrogens with zero attached hydrogens (tertiary/aromatic N) is 2. The van der Waals surface area contributed by atoms with Gasteiger partial charge in [-0.15, -0.1) is 0 Å². The van der Waals surface area contributed by atoms with Crippen molar-refractivity contribution in [1.29, 1.82) is 0 Å². The zero-order valence-corrected chi connectivity index (χ0v) is 25.3.